The van der Waals surface area contributed by atoms with Gasteiger partial charge in [-0.25, -0.2) is 4.98 Å². The van der Waals surface area contributed by atoms with Crippen molar-refractivity contribution < 1.29 is 9.78 Å². The number of aliphatic imine (C=N–C) groups is 1. The Labute approximate surface area is 199 Å². The maximum atomic E-state index is 12.8. The van der Waals surface area contributed by atoms with Gasteiger partial charge in [-0.05, 0) is 73.9 Å². The van der Waals surface area contributed by atoms with E-state index >= 15 is 0 Å². The molecule has 172 valence electrons. The number of nitrogens with one attached hydrogen (secondary N) is 3. The predicted octanol–water partition coefficient (Wildman–Crippen LogP) is 2.92. The number of para-hydroxylation sites is 1. The summed E-state index contributed by atoms with van der Waals surface area (Å²) in [5, 5.41) is 15.3. The number of guanidine groups is 1. The zero-order chi connectivity index (χ0) is 23.9. The highest BCUT2D eigenvalue weighted by Crippen LogP contribution is 2.21. The molecule has 1 amide bonds. The number of pyridine rings is 1. The summed E-state index contributed by atoms with van der Waals surface area (Å²) in [4.78, 5) is 22.5. The summed E-state index contributed by atoms with van der Waals surface area (Å²) in [6.07, 6.45) is 3.77. The monoisotopic (exact) mass is 454 g/mol. The molecule has 0 bridgehead atoms. The van der Waals surface area contributed by atoms with E-state index in [1.54, 1.807) is 18.2 Å². The van der Waals surface area contributed by atoms with E-state index in [4.69, 9.17) is 5.73 Å². The van der Waals surface area contributed by atoms with Gasteiger partial charge in [-0.1, -0.05) is 24.3 Å². The molecule has 2 heterocycles. The Bertz CT molecular complexity index is 1220. The summed E-state index contributed by atoms with van der Waals surface area (Å²) in [7, 11) is 2.10. The maximum absolute atomic E-state index is 12.8. The molecule has 4 rings (SSSR count). The highest BCUT2D eigenvalue weighted by molar-refractivity contribution is 5.96. The first-order valence-corrected chi connectivity index (χ1v) is 11.2. The molecule has 0 unspecified atom stereocenters. The molecule has 0 saturated carbocycles. The van der Waals surface area contributed by atoms with Crippen LogP contribution in [0, 0.1) is 11.3 Å². The standard InChI is InChI=1S/C26H27N7O/c1-33-13-11-22(12-14-33)30-25(34)19-7-4-6-18(15-19)21-9-10-24(29-17-21)32-26(28)31-23-8-3-2-5-20(23)16-27/h2-10,15,17,22H,11-14H2,1H3,(H,30,34)(H3,28,29,31,32)/p+1. The molecule has 3 aromatic rings. The van der Waals surface area contributed by atoms with E-state index in [1.165, 1.54) is 0 Å². The van der Waals surface area contributed by atoms with Gasteiger partial charge in [0, 0.05) is 23.2 Å². The zero-order valence-electron chi connectivity index (χ0n) is 19.1. The predicted molar refractivity (Wildman–Crippen MR) is 132 cm³/mol. The minimum absolute atomic E-state index is 0.0434. The molecule has 2 aromatic carbocycles. The minimum atomic E-state index is -0.0434. The molecule has 5 N–H and O–H groups in total. The number of likely N-dealkylation sites (tertiary alicyclic amines) is 1. The number of carbonyl (C=O) groups is 1. The molecule has 34 heavy (non-hydrogen) atoms. The van der Waals surface area contributed by atoms with Crippen molar-refractivity contribution in [3.63, 3.8) is 0 Å². The molecule has 1 aliphatic rings. The van der Waals surface area contributed by atoms with Crippen LogP contribution >= 0.6 is 0 Å². The average molecular weight is 455 g/mol. The Hall–Kier alpha value is -4.22. The van der Waals surface area contributed by atoms with Crippen molar-refractivity contribution in [3.8, 4) is 17.2 Å². The lowest BCUT2D eigenvalue weighted by molar-refractivity contribution is -0.361. The minimum Gasteiger partial charge on any atom is -0.349 e. The first-order valence-electron chi connectivity index (χ1n) is 11.2. The first kappa shape index (κ1) is 23.0. The van der Waals surface area contributed by atoms with Gasteiger partial charge in [0.25, 0.3) is 5.91 Å². The summed E-state index contributed by atoms with van der Waals surface area (Å²) < 4.78 is 0. The van der Waals surface area contributed by atoms with E-state index in [1.807, 2.05) is 48.7 Å². The molecule has 8 nitrogen and oxygen atoms in total. The van der Waals surface area contributed by atoms with Gasteiger partial charge < -0.3 is 21.3 Å². The molecule has 1 aromatic heterocycles. The lowest BCUT2D eigenvalue weighted by atomic mass is 10.0. The van der Waals surface area contributed by atoms with Gasteiger partial charge in [0.2, 0.25) is 0 Å². The van der Waals surface area contributed by atoms with E-state index in [-0.39, 0.29) is 17.9 Å². The van der Waals surface area contributed by atoms with E-state index in [0.29, 0.717) is 22.6 Å². The molecule has 1 aliphatic heterocycles. The Morgan fingerprint density at radius 2 is 1.91 bits per heavy atom. The lowest BCUT2D eigenvalue weighted by Gasteiger charge is -2.29. The summed E-state index contributed by atoms with van der Waals surface area (Å²) in [5.41, 5.74) is 9.59. The number of amides is 1. The number of anilines is 1. The quantitative estimate of drug-likeness (QED) is 0.404. The topological polar surface area (TPSA) is 121 Å². The van der Waals surface area contributed by atoms with Crippen LogP contribution in [0.2, 0.25) is 0 Å². The average Bonchev–Trinajstić information content (AvgIpc) is 2.86. The van der Waals surface area contributed by atoms with E-state index in [9.17, 15) is 10.1 Å². The van der Waals surface area contributed by atoms with Gasteiger partial charge >= 0.3 is 11.8 Å². The van der Waals surface area contributed by atoms with Crippen LogP contribution in [0.15, 0.2) is 71.9 Å². The summed E-state index contributed by atoms with van der Waals surface area (Å²) in [5.74, 6) is 0.678. The maximum Gasteiger partial charge on any atom is 0.325 e. The van der Waals surface area contributed by atoms with E-state index in [0.717, 1.165) is 37.1 Å². The third-order valence-corrected chi connectivity index (χ3v) is 5.86. The fraction of sp³-hybridized carbons (Fsp3) is 0.231. The number of nitrogens with two attached hydrogens (primary N) is 1. The number of benzene rings is 2. The second-order valence-electron chi connectivity index (χ2n) is 8.37. The SMILES string of the molecule is CN1CCC(NC(=O)c2cccc(-c3ccc(N=C(N)Nc4ccccc4C#N)[nH+]c3)c2)CC1. The van der Waals surface area contributed by atoms with Crippen molar-refractivity contribution in [3.05, 3.63) is 78.0 Å². The van der Waals surface area contributed by atoms with Crippen molar-refractivity contribution in [2.45, 2.75) is 18.9 Å². The van der Waals surface area contributed by atoms with Gasteiger partial charge in [0.05, 0.1) is 17.4 Å². The summed E-state index contributed by atoms with van der Waals surface area (Å²) in [6.45, 7) is 2.00. The Balaban J connectivity index is 1.43. The number of H-pyrrole nitrogens is 1. The molecule has 1 saturated heterocycles. The van der Waals surface area contributed by atoms with Crippen LogP contribution in [0.25, 0.3) is 11.1 Å². The number of hydrogen-bond acceptors (Lipinski definition) is 4. The van der Waals surface area contributed by atoms with Crippen molar-refractivity contribution in [2.75, 3.05) is 25.5 Å². The molecule has 0 aliphatic carbocycles. The fourth-order valence-electron chi connectivity index (χ4n) is 3.91. The van der Waals surface area contributed by atoms with Gasteiger partial charge in [0.15, 0.2) is 0 Å². The van der Waals surface area contributed by atoms with Crippen molar-refractivity contribution in [1.82, 2.24) is 10.2 Å². The molecule has 8 heteroatoms. The van der Waals surface area contributed by atoms with Crippen LogP contribution in [0.1, 0.15) is 28.8 Å². The van der Waals surface area contributed by atoms with Gasteiger partial charge in [-0.15, -0.1) is 0 Å². The number of nitrogens with zero attached hydrogens (tertiary/aromatic N) is 3. The molecular weight excluding hydrogens is 426 g/mol. The third kappa shape index (κ3) is 5.77. The van der Waals surface area contributed by atoms with Crippen LogP contribution < -0.4 is 21.4 Å². The Morgan fingerprint density at radius 1 is 1.12 bits per heavy atom. The summed E-state index contributed by atoms with van der Waals surface area (Å²) in [6, 6.07) is 20.7. The first-order chi connectivity index (χ1) is 16.5. The van der Waals surface area contributed by atoms with Crippen LogP contribution in [-0.4, -0.2) is 42.9 Å². The number of aromatic amines is 1. The number of hydrogen-bond donors (Lipinski definition) is 3. The highest BCUT2D eigenvalue weighted by atomic mass is 16.1. The number of nitriles is 1. The number of piperidine rings is 1. The highest BCUT2D eigenvalue weighted by Gasteiger charge is 2.19. The summed E-state index contributed by atoms with van der Waals surface area (Å²) >= 11 is 0. The molecule has 0 atom stereocenters. The van der Waals surface area contributed by atoms with Crippen LogP contribution in [0.4, 0.5) is 11.5 Å². The smallest absolute Gasteiger partial charge is 0.325 e. The van der Waals surface area contributed by atoms with Crippen LogP contribution in [0.3, 0.4) is 0 Å². The Morgan fingerprint density at radius 3 is 2.65 bits per heavy atom. The van der Waals surface area contributed by atoms with Crippen LogP contribution in [0.5, 0.6) is 0 Å². The third-order valence-electron chi connectivity index (χ3n) is 5.86. The molecular formula is C26H28N7O+. The fourth-order valence-corrected chi connectivity index (χ4v) is 3.91. The molecule has 1 fully saturated rings. The normalized spacial score (nSPS) is 14.9. The van der Waals surface area contributed by atoms with E-state index < -0.39 is 0 Å². The van der Waals surface area contributed by atoms with Crippen molar-refractivity contribution in [2.24, 2.45) is 10.7 Å². The van der Waals surface area contributed by atoms with Crippen molar-refractivity contribution >= 4 is 23.4 Å². The van der Waals surface area contributed by atoms with Crippen LogP contribution in [-0.2, 0) is 0 Å². The number of rotatable bonds is 5. The van der Waals surface area contributed by atoms with Crippen molar-refractivity contribution in [1.29, 1.82) is 5.26 Å². The van der Waals surface area contributed by atoms with E-state index in [2.05, 4.69) is 38.6 Å². The number of carbonyl (C=O) groups excluding carboxylic acids is 1. The largest absolute Gasteiger partial charge is 0.349 e. The zero-order valence-corrected chi connectivity index (χ0v) is 19.1. The Kier molecular flexibility index (Phi) is 7.16. The molecule has 0 spiro atoms. The lowest BCUT2D eigenvalue weighted by Crippen LogP contribution is -2.43. The van der Waals surface area contributed by atoms with Gasteiger partial charge in [0.1, 0.15) is 6.07 Å². The molecule has 0 radical (unpaired) electrons. The second kappa shape index (κ2) is 10.6. The second-order valence-corrected chi connectivity index (χ2v) is 8.37. The number of aromatic nitrogens is 1. The van der Waals surface area contributed by atoms with Gasteiger partial charge in [-0.3, -0.25) is 4.79 Å². The van der Waals surface area contributed by atoms with Gasteiger partial charge in [-0.2, -0.15) is 5.26 Å².